The molecule has 1 aromatic carbocycles. The third-order valence-corrected chi connectivity index (χ3v) is 4.01. The Morgan fingerprint density at radius 1 is 1.14 bits per heavy atom. The lowest BCUT2D eigenvalue weighted by Crippen LogP contribution is -2.28. The molecule has 2 N–H and O–H groups in total. The minimum atomic E-state index is -0.173. The maximum Gasteiger partial charge on any atom is 0.187 e. The molecule has 1 heterocycles. The van der Waals surface area contributed by atoms with Crippen molar-refractivity contribution in [2.75, 3.05) is 5.32 Å². The van der Waals surface area contributed by atoms with Gasteiger partial charge in [0.1, 0.15) is 12.1 Å². The van der Waals surface area contributed by atoms with E-state index in [4.69, 9.17) is 16.3 Å². The molecule has 0 unspecified atom stereocenters. The zero-order chi connectivity index (χ0) is 15.4. The van der Waals surface area contributed by atoms with Crippen LogP contribution in [0.4, 0.5) is 5.82 Å². The molecule has 0 bridgehead atoms. The van der Waals surface area contributed by atoms with Crippen molar-refractivity contribution in [3.05, 3.63) is 41.8 Å². The van der Waals surface area contributed by atoms with E-state index in [1.165, 1.54) is 6.33 Å². The lowest BCUT2D eigenvalue weighted by molar-refractivity contribution is 0.126. The largest absolute Gasteiger partial charge is 0.452 e. The molecular formula is C16H18ClN3O2. The second kappa shape index (κ2) is 6.94. The number of aliphatic hydroxyl groups is 1. The van der Waals surface area contributed by atoms with E-state index in [-0.39, 0.29) is 6.10 Å². The summed E-state index contributed by atoms with van der Waals surface area (Å²) in [4.78, 5) is 8.29. The van der Waals surface area contributed by atoms with Crippen molar-refractivity contribution in [2.24, 2.45) is 0 Å². The topological polar surface area (TPSA) is 67.3 Å². The SMILES string of the molecule is O[C@H]1CC[C@@H](Nc2ncncc2Oc2ccc(Cl)cc2)CC1. The van der Waals surface area contributed by atoms with Crippen molar-refractivity contribution in [3.63, 3.8) is 0 Å². The predicted octanol–water partition coefficient (Wildman–Crippen LogP) is 3.64. The summed E-state index contributed by atoms with van der Waals surface area (Å²) in [5.74, 6) is 1.93. The molecule has 3 rings (SSSR count). The molecule has 0 radical (unpaired) electrons. The highest BCUT2D eigenvalue weighted by molar-refractivity contribution is 6.30. The monoisotopic (exact) mass is 319 g/mol. The van der Waals surface area contributed by atoms with Gasteiger partial charge in [-0.3, -0.25) is 0 Å². The predicted molar refractivity (Wildman–Crippen MR) is 85.4 cm³/mol. The molecule has 0 saturated heterocycles. The molecule has 6 heteroatoms. The molecule has 1 aliphatic carbocycles. The second-order valence-electron chi connectivity index (χ2n) is 5.44. The Labute approximate surface area is 134 Å². The van der Waals surface area contributed by atoms with Crippen LogP contribution in [0.25, 0.3) is 0 Å². The summed E-state index contributed by atoms with van der Waals surface area (Å²) in [6.45, 7) is 0. The first-order valence-corrected chi connectivity index (χ1v) is 7.76. The highest BCUT2D eigenvalue weighted by Crippen LogP contribution is 2.30. The van der Waals surface area contributed by atoms with Crippen molar-refractivity contribution in [1.29, 1.82) is 0 Å². The van der Waals surface area contributed by atoms with Gasteiger partial charge < -0.3 is 15.2 Å². The second-order valence-corrected chi connectivity index (χ2v) is 5.88. The van der Waals surface area contributed by atoms with Gasteiger partial charge >= 0.3 is 0 Å². The first kappa shape index (κ1) is 15.1. The van der Waals surface area contributed by atoms with Crippen molar-refractivity contribution in [1.82, 2.24) is 9.97 Å². The summed E-state index contributed by atoms with van der Waals surface area (Å²) >= 11 is 5.87. The van der Waals surface area contributed by atoms with Crippen LogP contribution < -0.4 is 10.1 Å². The van der Waals surface area contributed by atoms with Gasteiger partial charge in [0.25, 0.3) is 0 Å². The minimum absolute atomic E-state index is 0.173. The number of hydrogen-bond acceptors (Lipinski definition) is 5. The highest BCUT2D eigenvalue weighted by Gasteiger charge is 2.20. The first-order valence-electron chi connectivity index (χ1n) is 7.39. The Hall–Kier alpha value is -1.85. The molecule has 1 aliphatic rings. The Kier molecular flexibility index (Phi) is 4.75. The number of nitrogens with zero attached hydrogens (tertiary/aromatic N) is 2. The molecule has 0 atom stereocenters. The number of halogens is 1. The van der Waals surface area contributed by atoms with Crippen LogP contribution in [0, 0.1) is 0 Å². The summed E-state index contributed by atoms with van der Waals surface area (Å²) in [5.41, 5.74) is 0. The Bertz CT molecular complexity index is 613. The Balaban J connectivity index is 1.71. The van der Waals surface area contributed by atoms with Crippen LogP contribution in [0.1, 0.15) is 25.7 Å². The summed E-state index contributed by atoms with van der Waals surface area (Å²) < 4.78 is 5.83. The Morgan fingerprint density at radius 2 is 1.86 bits per heavy atom. The first-order chi connectivity index (χ1) is 10.7. The number of rotatable bonds is 4. The van der Waals surface area contributed by atoms with E-state index in [2.05, 4.69) is 15.3 Å². The van der Waals surface area contributed by atoms with Gasteiger partial charge in [-0.1, -0.05) is 11.6 Å². The molecule has 22 heavy (non-hydrogen) atoms. The number of benzene rings is 1. The summed E-state index contributed by atoms with van der Waals surface area (Å²) in [6.07, 6.45) is 6.44. The van der Waals surface area contributed by atoms with Crippen LogP contribution in [0.3, 0.4) is 0 Å². The zero-order valence-corrected chi connectivity index (χ0v) is 12.8. The third-order valence-electron chi connectivity index (χ3n) is 3.76. The number of aromatic nitrogens is 2. The molecule has 0 spiro atoms. The molecule has 116 valence electrons. The standard InChI is InChI=1S/C16H18ClN3O2/c17-11-1-7-14(8-2-11)22-15-9-18-10-19-16(15)20-12-3-5-13(21)6-4-12/h1-2,7-10,12-13,21H,3-6H2,(H,18,19,20)/t12-,13+. The zero-order valence-electron chi connectivity index (χ0n) is 12.1. The van der Waals surface area contributed by atoms with Gasteiger partial charge in [-0.15, -0.1) is 0 Å². The molecule has 0 amide bonds. The van der Waals surface area contributed by atoms with Crippen molar-refractivity contribution >= 4 is 17.4 Å². The quantitative estimate of drug-likeness (QED) is 0.900. The lowest BCUT2D eigenvalue weighted by atomic mass is 9.93. The van der Waals surface area contributed by atoms with E-state index in [1.807, 2.05) is 0 Å². The smallest absolute Gasteiger partial charge is 0.187 e. The maximum absolute atomic E-state index is 9.58. The van der Waals surface area contributed by atoms with Gasteiger partial charge in [0, 0.05) is 11.1 Å². The van der Waals surface area contributed by atoms with Crippen molar-refractivity contribution < 1.29 is 9.84 Å². The number of nitrogens with one attached hydrogen (secondary N) is 1. The normalized spacial score (nSPS) is 21.4. The number of hydrogen-bond donors (Lipinski definition) is 2. The number of anilines is 1. The minimum Gasteiger partial charge on any atom is -0.452 e. The maximum atomic E-state index is 9.58. The third kappa shape index (κ3) is 3.87. The van der Waals surface area contributed by atoms with Crippen molar-refractivity contribution in [3.8, 4) is 11.5 Å². The van der Waals surface area contributed by atoms with Gasteiger partial charge in [-0.05, 0) is 49.9 Å². The molecule has 0 aliphatic heterocycles. The van der Waals surface area contributed by atoms with Crippen molar-refractivity contribution in [2.45, 2.75) is 37.8 Å². The number of ether oxygens (including phenoxy) is 1. The van der Waals surface area contributed by atoms with Crippen LogP contribution in [-0.4, -0.2) is 27.2 Å². The molecule has 1 saturated carbocycles. The van der Waals surface area contributed by atoms with Gasteiger partial charge in [0.2, 0.25) is 0 Å². The van der Waals surface area contributed by atoms with Crippen LogP contribution in [0.2, 0.25) is 5.02 Å². The summed E-state index contributed by atoms with van der Waals surface area (Å²) in [6, 6.07) is 7.45. The highest BCUT2D eigenvalue weighted by atomic mass is 35.5. The fraction of sp³-hybridized carbons (Fsp3) is 0.375. The van der Waals surface area contributed by atoms with Crippen LogP contribution in [0.15, 0.2) is 36.8 Å². The average molecular weight is 320 g/mol. The van der Waals surface area contributed by atoms with Gasteiger partial charge in [0.15, 0.2) is 11.6 Å². The van der Waals surface area contributed by atoms with Gasteiger partial charge in [-0.2, -0.15) is 0 Å². The van der Waals surface area contributed by atoms with E-state index < -0.39 is 0 Å². The van der Waals surface area contributed by atoms with Gasteiger partial charge in [-0.25, -0.2) is 9.97 Å². The van der Waals surface area contributed by atoms with E-state index in [1.54, 1.807) is 30.5 Å². The van der Waals surface area contributed by atoms with E-state index in [0.29, 0.717) is 28.4 Å². The molecule has 1 fully saturated rings. The average Bonchev–Trinajstić information content (AvgIpc) is 2.54. The Morgan fingerprint density at radius 3 is 2.59 bits per heavy atom. The fourth-order valence-electron chi connectivity index (χ4n) is 2.54. The van der Waals surface area contributed by atoms with Crippen LogP contribution in [0.5, 0.6) is 11.5 Å². The van der Waals surface area contributed by atoms with Gasteiger partial charge in [0.05, 0.1) is 12.3 Å². The summed E-state index contributed by atoms with van der Waals surface area (Å²) in [7, 11) is 0. The van der Waals surface area contributed by atoms with E-state index >= 15 is 0 Å². The van der Waals surface area contributed by atoms with E-state index in [0.717, 1.165) is 25.7 Å². The molecule has 2 aromatic rings. The lowest BCUT2D eigenvalue weighted by Gasteiger charge is -2.27. The fourth-order valence-corrected chi connectivity index (χ4v) is 2.67. The van der Waals surface area contributed by atoms with Crippen LogP contribution >= 0.6 is 11.6 Å². The molecule has 1 aromatic heterocycles. The molecular weight excluding hydrogens is 302 g/mol. The molecule has 5 nitrogen and oxygen atoms in total. The van der Waals surface area contributed by atoms with Crippen LogP contribution in [-0.2, 0) is 0 Å². The number of aliphatic hydroxyl groups excluding tert-OH is 1. The summed E-state index contributed by atoms with van der Waals surface area (Å²) in [5, 5.41) is 13.6. The van der Waals surface area contributed by atoms with E-state index in [9.17, 15) is 5.11 Å².